The Balaban J connectivity index is 2.24. The van der Waals surface area contributed by atoms with Crippen molar-refractivity contribution < 1.29 is 9.22 Å². The maximum Gasteiger partial charge on any atom is 0.229 e. The van der Waals surface area contributed by atoms with E-state index in [1.54, 1.807) is 11.8 Å². The highest BCUT2D eigenvalue weighted by Crippen LogP contribution is 2.47. The summed E-state index contributed by atoms with van der Waals surface area (Å²) in [5.74, 6) is -0.00638. The van der Waals surface area contributed by atoms with Gasteiger partial charge in [-0.2, -0.15) is 0 Å². The lowest BCUT2D eigenvalue weighted by Crippen LogP contribution is -2.69. The zero-order valence-corrected chi connectivity index (χ0v) is 16.3. The summed E-state index contributed by atoms with van der Waals surface area (Å²) in [4.78, 5) is 13.5. The number of amides is 1. The number of β-lactam (4-membered cyclic amide) rings is 1. The summed E-state index contributed by atoms with van der Waals surface area (Å²) in [6.07, 6.45) is 0. The topological polar surface area (TPSA) is 38.3 Å². The van der Waals surface area contributed by atoms with Crippen LogP contribution in [0.5, 0.6) is 0 Å². The van der Waals surface area contributed by atoms with E-state index >= 15 is 0 Å². The molecule has 0 saturated carbocycles. The molecule has 1 N–H and O–H groups in total. The third-order valence-corrected chi connectivity index (χ3v) is 6.59. The van der Waals surface area contributed by atoms with E-state index in [2.05, 4.69) is 58.2 Å². The van der Waals surface area contributed by atoms with Gasteiger partial charge in [0.1, 0.15) is 0 Å². The number of hydrogen-bond donors (Lipinski definition) is 1. The molecule has 2 rings (SSSR count). The standard InChI is InChI=1S/C17H27NO2SSi/c1-16(2,3)17(4,20-22(5)6)13-14(19)18-15(13)21-12-10-8-7-9-11-12/h7-11,13,15,22H,1-6H3,(H,18,19)/t13-,15+,17+/m0/s1. The number of nitrogens with one attached hydrogen (secondary N) is 1. The molecule has 1 saturated heterocycles. The van der Waals surface area contributed by atoms with E-state index in [0.717, 1.165) is 0 Å². The molecule has 5 heteroatoms. The molecule has 0 radical (unpaired) electrons. The van der Waals surface area contributed by atoms with Gasteiger partial charge in [0.25, 0.3) is 0 Å². The van der Waals surface area contributed by atoms with E-state index in [9.17, 15) is 4.79 Å². The Kier molecular flexibility index (Phi) is 5.09. The van der Waals surface area contributed by atoms with Crippen molar-refractivity contribution in [1.82, 2.24) is 5.32 Å². The first-order valence-corrected chi connectivity index (χ1v) is 11.5. The summed E-state index contributed by atoms with van der Waals surface area (Å²) in [6, 6.07) is 10.2. The SMILES string of the molecule is C[SiH](C)O[C@](C)([C@H]1C(=O)N[C@@H]1Sc1ccccc1)C(C)(C)C. The molecule has 122 valence electrons. The molecule has 0 spiro atoms. The third-order valence-electron chi connectivity index (χ3n) is 4.44. The highest BCUT2D eigenvalue weighted by molar-refractivity contribution is 8.00. The molecule has 3 nitrogen and oxygen atoms in total. The zero-order chi connectivity index (χ0) is 16.5. The maximum atomic E-state index is 12.3. The number of benzene rings is 1. The van der Waals surface area contributed by atoms with Crippen LogP contribution in [0.4, 0.5) is 0 Å². The number of hydrogen-bond acceptors (Lipinski definition) is 3. The van der Waals surface area contributed by atoms with E-state index in [1.807, 2.05) is 18.2 Å². The van der Waals surface area contributed by atoms with Crippen molar-refractivity contribution >= 4 is 26.7 Å². The second-order valence-corrected chi connectivity index (χ2v) is 10.9. The van der Waals surface area contributed by atoms with Crippen molar-refractivity contribution in [3.63, 3.8) is 0 Å². The van der Waals surface area contributed by atoms with Gasteiger partial charge in [-0.15, -0.1) is 11.8 Å². The fourth-order valence-electron chi connectivity index (χ4n) is 2.84. The van der Waals surface area contributed by atoms with Gasteiger partial charge in [-0.1, -0.05) is 39.0 Å². The van der Waals surface area contributed by atoms with Gasteiger partial charge in [0.2, 0.25) is 5.91 Å². The van der Waals surface area contributed by atoms with E-state index < -0.39 is 14.6 Å². The Labute approximate surface area is 139 Å². The molecule has 1 aromatic rings. The van der Waals surface area contributed by atoms with Gasteiger partial charge in [0.15, 0.2) is 9.04 Å². The smallest absolute Gasteiger partial charge is 0.229 e. The predicted octanol–water partition coefficient (Wildman–Crippen LogP) is 3.66. The number of rotatable bonds is 5. The summed E-state index contributed by atoms with van der Waals surface area (Å²) in [5.41, 5.74) is -0.537. The molecule has 0 bridgehead atoms. The molecule has 3 atom stereocenters. The van der Waals surface area contributed by atoms with Crippen molar-refractivity contribution in [2.75, 3.05) is 0 Å². The average molecular weight is 338 g/mol. The van der Waals surface area contributed by atoms with E-state index in [1.165, 1.54) is 4.90 Å². The molecule has 1 aliphatic heterocycles. The van der Waals surface area contributed by atoms with Gasteiger partial charge in [-0.3, -0.25) is 4.79 Å². The van der Waals surface area contributed by atoms with Gasteiger partial charge in [0.05, 0.1) is 16.9 Å². The minimum atomic E-state index is -1.26. The van der Waals surface area contributed by atoms with Crippen molar-refractivity contribution in [1.29, 1.82) is 0 Å². The van der Waals surface area contributed by atoms with Crippen LogP contribution in [0, 0.1) is 11.3 Å². The van der Waals surface area contributed by atoms with Crippen molar-refractivity contribution in [2.45, 2.75) is 56.7 Å². The first-order chi connectivity index (χ1) is 10.1. The van der Waals surface area contributed by atoms with Gasteiger partial charge in [-0.25, -0.2) is 0 Å². The highest BCUT2D eigenvalue weighted by Gasteiger charge is 2.57. The van der Waals surface area contributed by atoms with Crippen LogP contribution in [0.1, 0.15) is 27.7 Å². The quantitative estimate of drug-likeness (QED) is 0.658. The number of thioether (sulfide) groups is 1. The Morgan fingerprint density at radius 1 is 1.14 bits per heavy atom. The Bertz CT molecular complexity index is 529. The molecule has 1 fully saturated rings. The van der Waals surface area contributed by atoms with Gasteiger partial charge in [0, 0.05) is 4.90 Å². The summed E-state index contributed by atoms with van der Waals surface area (Å²) >= 11 is 1.72. The van der Waals surface area contributed by atoms with Gasteiger partial charge < -0.3 is 9.74 Å². The Morgan fingerprint density at radius 3 is 2.18 bits per heavy atom. The van der Waals surface area contributed by atoms with Crippen LogP contribution in [0.25, 0.3) is 0 Å². The second kappa shape index (κ2) is 6.38. The number of carbonyl (C=O) groups excluding carboxylic acids is 1. The van der Waals surface area contributed by atoms with E-state index in [-0.39, 0.29) is 22.6 Å². The third kappa shape index (κ3) is 3.41. The lowest BCUT2D eigenvalue weighted by atomic mass is 9.67. The van der Waals surface area contributed by atoms with Crippen molar-refractivity contribution in [2.24, 2.45) is 11.3 Å². The normalized spacial score (nSPS) is 24.6. The molecule has 1 aromatic carbocycles. The fourth-order valence-corrected chi connectivity index (χ4v) is 5.62. The molecular weight excluding hydrogens is 310 g/mol. The summed E-state index contributed by atoms with van der Waals surface area (Å²) in [6.45, 7) is 12.9. The van der Waals surface area contributed by atoms with Crippen LogP contribution < -0.4 is 5.32 Å². The van der Waals surface area contributed by atoms with Crippen molar-refractivity contribution in [3.8, 4) is 0 Å². The summed E-state index contributed by atoms with van der Waals surface area (Å²) < 4.78 is 6.41. The van der Waals surface area contributed by atoms with Crippen molar-refractivity contribution in [3.05, 3.63) is 30.3 Å². The predicted molar refractivity (Wildman–Crippen MR) is 95.5 cm³/mol. The first kappa shape index (κ1) is 17.6. The molecule has 0 unspecified atom stereocenters. The number of carbonyl (C=O) groups is 1. The van der Waals surface area contributed by atoms with E-state index in [4.69, 9.17) is 4.43 Å². The molecule has 1 heterocycles. The van der Waals surface area contributed by atoms with Crippen LogP contribution >= 0.6 is 11.8 Å². The zero-order valence-electron chi connectivity index (χ0n) is 14.3. The first-order valence-electron chi connectivity index (χ1n) is 7.85. The highest BCUT2D eigenvalue weighted by atomic mass is 32.2. The Hall–Kier alpha value is -0.783. The molecular formula is C17H27NO2SSi. The lowest BCUT2D eigenvalue weighted by Gasteiger charge is -2.54. The van der Waals surface area contributed by atoms with Gasteiger partial charge in [-0.05, 0) is 37.6 Å². The monoisotopic (exact) mass is 337 g/mol. The maximum absolute atomic E-state index is 12.3. The van der Waals surface area contributed by atoms with E-state index in [0.29, 0.717) is 0 Å². The Morgan fingerprint density at radius 2 is 1.73 bits per heavy atom. The summed E-state index contributed by atoms with van der Waals surface area (Å²) in [5, 5.41) is 3.13. The molecule has 0 aliphatic carbocycles. The molecule has 1 amide bonds. The van der Waals surface area contributed by atoms with Crippen LogP contribution in [-0.4, -0.2) is 25.9 Å². The minimum Gasteiger partial charge on any atom is -0.414 e. The molecule has 1 aliphatic rings. The summed E-state index contributed by atoms with van der Waals surface area (Å²) in [7, 11) is -1.26. The fraction of sp³-hybridized carbons (Fsp3) is 0.588. The minimum absolute atomic E-state index is 0.0758. The van der Waals surface area contributed by atoms with Crippen LogP contribution in [-0.2, 0) is 9.22 Å². The largest absolute Gasteiger partial charge is 0.414 e. The second-order valence-electron chi connectivity index (χ2n) is 7.36. The molecule has 22 heavy (non-hydrogen) atoms. The molecule has 0 aromatic heterocycles. The van der Waals surface area contributed by atoms with Gasteiger partial charge >= 0.3 is 0 Å². The lowest BCUT2D eigenvalue weighted by molar-refractivity contribution is -0.153. The average Bonchev–Trinajstić information content (AvgIpc) is 2.36. The van der Waals surface area contributed by atoms with Crippen LogP contribution in [0.15, 0.2) is 35.2 Å². The van der Waals surface area contributed by atoms with Crippen LogP contribution in [0.2, 0.25) is 13.1 Å². The van der Waals surface area contributed by atoms with Crippen LogP contribution in [0.3, 0.4) is 0 Å².